The molecular weight excluding hydrogens is 586 g/mol. The minimum Gasteiger partial charge on any atom is -0.493 e. The molecule has 1 N–H and O–H groups in total. The van der Waals surface area contributed by atoms with E-state index in [-0.39, 0.29) is 18.1 Å². The van der Waals surface area contributed by atoms with E-state index in [1.807, 2.05) is 12.1 Å². The van der Waals surface area contributed by atoms with Gasteiger partial charge in [-0.2, -0.15) is 5.10 Å². The summed E-state index contributed by atoms with van der Waals surface area (Å²) in [6.07, 6.45) is 1.47. The first kappa shape index (κ1) is 24.4. The molecule has 0 radical (unpaired) electrons. The number of fused-ring (bicyclic) bond motifs is 1. The smallest absolute Gasteiger partial charge is 0.307 e. The molecule has 0 unspecified atom stereocenters. The zero-order valence-electron chi connectivity index (χ0n) is 18.2. The van der Waals surface area contributed by atoms with Crippen LogP contribution in [0.4, 0.5) is 5.69 Å². The molecule has 1 aromatic heterocycles. The molecule has 1 amide bonds. The number of carbonyl (C=O) groups is 1. The summed E-state index contributed by atoms with van der Waals surface area (Å²) in [5, 5.41) is 15.5. The van der Waals surface area contributed by atoms with Gasteiger partial charge < -0.3 is 13.9 Å². The Bertz CT molecular complexity index is 1430. The van der Waals surface area contributed by atoms with Gasteiger partial charge in [-0.3, -0.25) is 14.9 Å². The lowest BCUT2D eigenvalue weighted by Crippen LogP contribution is -2.16. The molecule has 4 aromatic rings. The summed E-state index contributed by atoms with van der Waals surface area (Å²) in [5.41, 5.74) is 4.47. The molecule has 0 aliphatic carbocycles. The Morgan fingerprint density at radius 3 is 2.60 bits per heavy atom. The topological polar surface area (TPSA) is 116 Å². The molecule has 35 heavy (non-hydrogen) atoms. The predicted molar refractivity (Wildman–Crippen MR) is 137 cm³/mol. The van der Waals surface area contributed by atoms with Crippen molar-refractivity contribution in [3.63, 3.8) is 0 Å². The summed E-state index contributed by atoms with van der Waals surface area (Å²) in [5.74, 6) is 0.597. The molecule has 0 spiro atoms. The third-order valence-corrected chi connectivity index (χ3v) is 5.92. The number of hydrogen-bond acceptors (Lipinski definition) is 7. The molecule has 0 aliphatic rings. The number of non-ortho nitro benzene ring substituents is 1. The Balaban J connectivity index is 1.39. The second-order valence-electron chi connectivity index (χ2n) is 7.24. The molecule has 0 atom stereocenters. The Hall–Kier alpha value is -3.70. The zero-order valence-corrected chi connectivity index (χ0v) is 21.3. The van der Waals surface area contributed by atoms with Gasteiger partial charge in [0.1, 0.15) is 12.2 Å². The first-order valence-electron chi connectivity index (χ1n) is 10.1. The fourth-order valence-electron chi connectivity index (χ4n) is 3.17. The Morgan fingerprint density at radius 1 is 1.11 bits per heavy atom. The third-order valence-electron chi connectivity index (χ3n) is 4.87. The molecule has 178 valence electrons. The molecule has 9 nitrogen and oxygen atoms in total. The van der Waals surface area contributed by atoms with Crippen molar-refractivity contribution in [1.82, 2.24) is 5.43 Å². The summed E-state index contributed by atoms with van der Waals surface area (Å²) < 4.78 is 18.4. The van der Waals surface area contributed by atoms with E-state index in [0.29, 0.717) is 22.6 Å². The standard InChI is InChI=1S/C24H17Br2N3O6/c1-33-21-8-15(4-7-20(21)34-13-14-2-5-18(6-3-14)29(31)32)12-27-28-24(30)22-10-16-9-17(25)11-19(26)23(16)35-22/h2-12H,13H2,1H3,(H,28,30)/b27-12-. The van der Waals surface area contributed by atoms with Crippen LogP contribution in [-0.4, -0.2) is 24.2 Å². The van der Waals surface area contributed by atoms with Crippen molar-refractivity contribution in [3.8, 4) is 11.5 Å². The van der Waals surface area contributed by atoms with Gasteiger partial charge in [0, 0.05) is 22.0 Å². The maximum Gasteiger partial charge on any atom is 0.307 e. The third kappa shape index (κ3) is 5.87. The highest BCUT2D eigenvalue weighted by molar-refractivity contribution is 9.11. The van der Waals surface area contributed by atoms with Gasteiger partial charge in [-0.1, -0.05) is 15.9 Å². The van der Waals surface area contributed by atoms with Crippen molar-refractivity contribution in [2.45, 2.75) is 6.61 Å². The summed E-state index contributed by atoms with van der Waals surface area (Å²) in [4.78, 5) is 22.7. The molecule has 4 rings (SSSR count). The predicted octanol–water partition coefficient (Wildman–Crippen LogP) is 6.22. The number of halogens is 2. The number of nitrogens with zero attached hydrogens (tertiary/aromatic N) is 2. The number of furan rings is 1. The van der Waals surface area contributed by atoms with Crippen LogP contribution in [0.2, 0.25) is 0 Å². The van der Waals surface area contributed by atoms with Crippen molar-refractivity contribution in [3.05, 3.63) is 96.6 Å². The highest BCUT2D eigenvalue weighted by atomic mass is 79.9. The minimum atomic E-state index is -0.490. The van der Waals surface area contributed by atoms with Crippen LogP contribution in [0.3, 0.4) is 0 Å². The normalized spacial score (nSPS) is 11.1. The number of ether oxygens (including phenoxy) is 2. The summed E-state index contributed by atoms with van der Waals surface area (Å²) in [6.45, 7) is 0.210. The zero-order chi connectivity index (χ0) is 24.9. The summed E-state index contributed by atoms with van der Waals surface area (Å²) in [6, 6.07) is 16.6. The number of hydrogen-bond donors (Lipinski definition) is 1. The van der Waals surface area contributed by atoms with Crippen molar-refractivity contribution >= 4 is 60.6 Å². The molecule has 11 heteroatoms. The van der Waals surface area contributed by atoms with E-state index in [4.69, 9.17) is 13.9 Å². The molecule has 1 heterocycles. The van der Waals surface area contributed by atoms with E-state index in [0.717, 1.165) is 19.9 Å². The van der Waals surface area contributed by atoms with Gasteiger partial charge in [0.25, 0.3) is 5.69 Å². The molecule has 0 saturated heterocycles. The first-order chi connectivity index (χ1) is 16.8. The van der Waals surface area contributed by atoms with E-state index < -0.39 is 10.8 Å². The monoisotopic (exact) mass is 601 g/mol. The molecule has 0 bridgehead atoms. The van der Waals surface area contributed by atoms with Crippen molar-refractivity contribution in [2.75, 3.05) is 7.11 Å². The number of methoxy groups -OCH3 is 1. The van der Waals surface area contributed by atoms with Crippen LogP contribution in [0.25, 0.3) is 11.0 Å². The summed E-state index contributed by atoms with van der Waals surface area (Å²) >= 11 is 6.82. The van der Waals surface area contributed by atoms with Gasteiger partial charge in [0.05, 0.1) is 22.7 Å². The Labute approximate surface area is 216 Å². The minimum absolute atomic E-state index is 0.0170. The van der Waals surface area contributed by atoms with Gasteiger partial charge >= 0.3 is 5.91 Å². The second kappa shape index (κ2) is 10.7. The van der Waals surface area contributed by atoms with E-state index in [2.05, 4.69) is 42.4 Å². The van der Waals surface area contributed by atoms with Crippen LogP contribution in [0.1, 0.15) is 21.7 Å². The van der Waals surface area contributed by atoms with Crippen LogP contribution in [0.15, 0.2) is 79.1 Å². The average Bonchev–Trinajstić information content (AvgIpc) is 3.28. The number of amides is 1. The van der Waals surface area contributed by atoms with E-state index in [9.17, 15) is 14.9 Å². The number of rotatable bonds is 8. The largest absolute Gasteiger partial charge is 0.493 e. The quantitative estimate of drug-likeness (QED) is 0.145. The van der Waals surface area contributed by atoms with Crippen LogP contribution < -0.4 is 14.9 Å². The molecule has 0 aliphatic heterocycles. The molecule has 3 aromatic carbocycles. The van der Waals surface area contributed by atoms with Crippen molar-refractivity contribution in [1.29, 1.82) is 0 Å². The lowest BCUT2D eigenvalue weighted by Gasteiger charge is -2.11. The van der Waals surface area contributed by atoms with Gasteiger partial charge in [-0.25, -0.2) is 5.43 Å². The molecule has 0 saturated carbocycles. The lowest BCUT2D eigenvalue weighted by atomic mass is 10.2. The van der Waals surface area contributed by atoms with Crippen molar-refractivity contribution < 1.29 is 23.6 Å². The van der Waals surface area contributed by atoms with E-state index >= 15 is 0 Å². The Morgan fingerprint density at radius 2 is 1.89 bits per heavy atom. The number of nitro benzene ring substituents is 1. The summed E-state index contributed by atoms with van der Waals surface area (Å²) in [7, 11) is 1.51. The van der Waals surface area contributed by atoms with Crippen LogP contribution in [-0.2, 0) is 6.61 Å². The van der Waals surface area contributed by atoms with E-state index in [1.54, 1.807) is 36.4 Å². The van der Waals surface area contributed by atoms with Gasteiger partial charge in [0.15, 0.2) is 17.3 Å². The van der Waals surface area contributed by atoms with Gasteiger partial charge in [-0.05, 0) is 75.6 Å². The Kier molecular flexibility index (Phi) is 7.47. The number of hydrazone groups is 1. The van der Waals surface area contributed by atoms with Crippen LogP contribution in [0, 0.1) is 10.1 Å². The number of carbonyl (C=O) groups excluding carboxylic acids is 1. The highest BCUT2D eigenvalue weighted by Crippen LogP contribution is 2.31. The number of nitrogens with one attached hydrogen (secondary N) is 1. The van der Waals surface area contributed by atoms with Crippen LogP contribution >= 0.6 is 31.9 Å². The number of nitro groups is 1. The second-order valence-corrected chi connectivity index (χ2v) is 9.01. The number of benzene rings is 3. The van der Waals surface area contributed by atoms with E-state index in [1.165, 1.54) is 25.5 Å². The highest BCUT2D eigenvalue weighted by Gasteiger charge is 2.14. The fraction of sp³-hybridized carbons (Fsp3) is 0.0833. The lowest BCUT2D eigenvalue weighted by molar-refractivity contribution is -0.384. The van der Waals surface area contributed by atoms with Gasteiger partial charge in [-0.15, -0.1) is 0 Å². The fourth-order valence-corrected chi connectivity index (χ4v) is 4.51. The molecular formula is C24H17Br2N3O6. The molecule has 0 fully saturated rings. The first-order valence-corrected chi connectivity index (χ1v) is 11.7. The maximum absolute atomic E-state index is 12.4. The average molecular weight is 603 g/mol. The maximum atomic E-state index is 12.4. The van der Waals surface area contributed by atoms with Crippen LogP contribution in [0.5, 0.6) is 11.5 Å². The van der Waals surface area contributed by atoms with Gasteiger partial charge in [0.2, 0.25) is 0 Å². The SMILES string of the molecule is COc1cc(/C=N\NC(=O)c2cc3cc(Br)cc(Br)c3o2)ccc1OCc1ccc([N+](=O)[O-])cc1. The van der Waals surface area contributed by atoms with Crippen molar-refractivity contribution in [2.24, 2.45) is 5.10 Å².